The minimum absolute atomic E-state index is 0.254. The second-order valence-corrected chi connectivity index (χ2v) is 5.77. The maximum atomic E-state index is 12.5. The normalized spacial score (nSPS) is 18.1. The summed E-state index contributed by atoms with van der Waals surface area (Å²) < 4.78 is 0. The van der Waals surface area contributed by atoms with Gasteiger partial charge in [0.1, 0.15) is 5.92 Å². The molecule has 2 aromatic rings. The van der Waals surface area contributed by atoms with Gasteiger partial charge < -0.3 is 5.11 Å². The van der Waals surface area contributed by atoms with E-state index >= 15 is 0 Å². The van der Waals surface area contributed by atoms with Crippen LogP contribution in [0.25, 0.3) is 0 Å². The number of nitrogens with one attached hydrogen (secondary N) is 1. The number of benzene rings is 2. The summed E-state index contributed by atoms with van der Waals surface area (Å²) in [6.07, 6.45) is -0.0112. The molecule has 2 N–H and O–H groups in total. The summed E-state index contributed by atoms with van der Waals surface area (Å²) in [5, 5.41) is 19.4. The number of para-hydroxylation sites is 1. The second kappa shape index (κ2) is 7.71. The number of hydrogen-bond donors (Lipinski definition) is 2. The first-order valence-electron chi connectivity index (χ1n) is 8.08. The Hall–Kier alpha value is -3.32. The van der Waals surface area contributed by atoms with E-state index in [9.17, 15) is 14.7 Å². The lowest BCUT2D eigenvalue weighted by molar-refractivity contribution is -0.129. The molecule has 1 aliphatic rings. The van der Waals surface area contributed by atoms with E-state index in [2.05, 4.69) is 15.6 Å². The Morgan fingerprint density at radius 2 is 1.81 bits per heavy atom. The van der Waals surface area contributed by atoms with Crippen molar-refractivity contribution in [3.8, 4) is 0 Å². The molecule has 1 aliphatic heterocycles. The van der Waals surface area contributed by atoms with Gasteiger partial charge in [0, 0.05) is 6.21 Å². The molecule has 7 nitrogen and oxygen atoms in total. The van der Waals surface area contributed by atoms with Crippen LogP contribution in [0.3, 0.4) is 0 Å². The van der Waals surface area contributed by atoms with Gasteiger partial charge in [0.2, 0.25) is 0 Å². The standard InChI is InChI=1S/C19H18N4O3/c1-13-16(19(26)23(22-13)15-10-6-3-7-11-15)12-20-21-18(25)17(24)14-8-4-2-5-9-14/h2-12,16-17,24H,1H3,(H,21,25). The van der Waals surface area contributed by atoms with Crippen LogP contribution in [0.4, 0.5) is 5.69 Å². The Morgan fingerprint density at radius 3 is 2.46 bits per heavy atom. The summed E-state index contributed by atoms with van der Waals surface area (Å²) in [5.41, 5.74) is 3.95. The van der Waals surface area contributed by atoms with Crippen LogP contribution >= 0.6 is 0 Å². The highest BCUT2D eigenvalue weighted by Gasteiger charge is 2.33. The van der Waals surface area contributed by atoms with E-state index < -0.39 is 17.9 Å². The van der Waals surface area contributed by atoms with Gasteiger partial charge in [-0.25, -0.2) is 5.43 Å². The van der Waals surface area contributed by atoms with Crippen LogP contribution in [0.5, 0.6) is 0 Å². The van der Waals surface area contributed by atoms with Crippen LogP contribution in [-0.2, 0) is 9.59 Å². The minimum Gasteiger partial charge on any atom is -0.378 e. The summed E-state index contributed by atoms with van der Waals surface area (Å²) in [5.74, 6) is -1.59. The second-order valence-electron chi connectivity index (χ2n) is 5.77. The molecule has 0 aliphatic carbocycles. The monoisotopic (exact) mass is 350 g/mol. The van der Waals surface area contributed by atoms with E-state index in [0.29, 0.717) is 17.0 Å². The summed E-state index contributed by atoms with van der Waals surface area (Å²) in [4.78, 5) is 24.5. The fourth-order valence-corrected chi connectivity index (χ4v) is 2.53. The molecule has 2 amide bonds. The molecule has 2 aromatic carbocycles. The first kappa shape index (κ1) is 17.5. The predicted octanol–water partition coefficient (Wildman–Crippen LogP) is 1.86. The highest BCUT2D eigenvalue weighted by Crippen LogP contribution is 2.22. The maximum Gasteiger partial charge on any atom is 0.273 e. The molecule has 0 fully saturated rings. The van der Waals surface area contributed by atoms with Crippen molar-refractivity contribution in [3.63, 3.8) is 0 Å². The van der Waals surface area contributed by atoms with Crippen LogP contribution in [0.2, 0.25) is 0 Å². The van der Waals surface area contributed by atoms with E-state index in [1.807, 2.05) is 18.2 Å². The number of nitrogens with zero attached hydrogens (tertiary/aromatic N) is 3. The third-order valence-electron chi connectivity index (χ3n) is 3.95. The predicted molar refractivity (Wildman–Crippen MR) is 98.6 cm³/mol. The smallest absolute Gasteiger partial charge is 0.273 e. The van der Waals surface area contributed by atoms with Crippen LogP contribution in [0, 0.1) is 5.92 Å². The van der Waals surface area contributed by atoms with Crippen molar-refractivity contribution >= 4 is 29.4 Å². The number of amides is 2. The van der Waals surface area contributed by atoms with Crippen molar-refractivity contribution in [2.24, 2.45) is 16.1 Å². The van der Waals surface area contributed by atoms with Crippen molar-refractivity contribution in [2.75, 3.05) is 5.01 Å². The molecule has 0 spiro atoms. The van der Waals surface area contributed by atoms with Crippen LogP contribution in [-0.4, -0.2) is 28.8 Å². The van der Waals surface area contributed by atoms with E-state index in [0.717, 1.165) is 0 Å². The molecule has 0 saturated heterocycles. The quantitative estimate of drug-likeness (QED) is 0.636. The number of aliphatic hydroxyl groups is 1. The molecule has 7 heteroatoms. The Labute approximate surface area is 150 Å². The number of anilines is 1. The van der Waals surface area contributed by atoms with Crippen LogP contribution in [0.15, 0.2) is 70.9 Å². The van der Waals surface area contributed by atoms with Crippen LogP contribution in [0.1, 0.15) is 18.6 Å². The molecule has 2 atom stereocenters. The molecule has 0 aromatic heterocycles. The number of aliphatic hydroxyl groups excluding tert-OH is 1. The third-order valence-corrected chi connectivity index (χ3v) is 3.95. The van der Waals surface area contributed by atoms with Gasteiger partial charge in [-0.1, -0.05) is 48.5 Å². The fourth-order valence-electron chi connectivity index (χ4n) is 2.53. The highest BCUT2D eigenvalue weighted by molar-refractivity contribution is 6.23. The van der Waals surface area contributed by atoms with Crippen molar-refractivity contribution in [1.82, 2.24) is 5.43 Å². The fraction of sp³-hybridized carbons (Fsp3) is 0.158. The molecule has 3 rings (SSSR count). The molecule has 0 saturated carbocycles. The number of carbonyl (C=O) groups excluding carboxylic acids is 2. The zero-order valence-electron chi connectivity index (χ0n) is 14.1. The number of carbonyl (C=O) groups is 2. The zero-order chi connectivity index (χ0) is 18.5. The lowest BCUT2D eigenvalue weighted by Crippen LogP contribution is -2.30. The Balaban J connectivity index is 1.63. The lowest BCUT2D eigenvalue weighted by atomic mass is 10.1. The van der Waals surface area contributed by atoms with Gasteiger partial charge in [0.25, 0.3) is 11.8 Å². The highest BCUT2D eigenvalue weighted by atomic mass is 16.3. The Kier molecular flexibility index (Phi) is 5.19. The van der Waals surface area contributed by atoms with Gasteiger partial charge in [-0.05, 0) is 24.6 Å². The molecular formula is C19H18N4O3. The van der Waals surface area contributed by atoms with Crippen molar-refractivity contribution in [1.29, 1.82) is 0 Å². The number of hydrogen-bond acceptors (Lipinski definition) is 5. The first-order chi connectivity index (χ1) is 12.6. The summed E-state index contributed by atoms with van der Waals surface area (Å²) in [6, 6.07) is 17.6. The molecule has 2 unspecified atom stereocenters. The van der Waals surface area contributed by atoms with Gasteiger partial charge in [0.15, 0.2) is 6.10 Å². The number of hydrazone groups is 2. The molecule has 0 radical (unpaired) electrons. The van der Waals surface area contributed by atoms with E-state index in [1.165, 1.54) is 11.2 Å². The SMILES string of the molecule is CC1=NN(c2ccccc2)C(=O)C1C=NNC(=O)C(O)c1ccccc1. The third kappa shape index (κ3) is 3.68. The summed E-state index contributed by atoms with van der Waals surface area (Å²) >= 11 is 0. The minimum atomic E-state index is -1.33. The molecule has 26 heavy (non-hydrogen) atoms. The van der Waals surface area contributed by atoms with Gasteiger partial charge in [0.05, 0.1) is 11.4 Å². The van der Waals surface area contributed by atoms with E-state index in [1.54, 1.807) is 49.4 Å². The van der Waals surface area contributed by atoms with E-state index in [-0.39, 0.29) is 5.91 Å². The van der Waals surface area contributed by atoms with Crippen molar-refractivity contribution < 1.29 is 14.7 Å². The van der Waals surface area contributed by atoms with Gasteiger partial charge in [-0.3, -0.25) is 9.59 Å². The maximum absolute atomic E-state index is 12.5. The van der Waals surface area contributed by atoms with Gasteiger partial charge >= 0.3 is 0 Å². The average Bonchev–Trinajstić information content (AvgIpc) is 2.97. The Bertz CT molecular complexity index is 850. The van der Waals surface area contributed by atoms with Crippen molar-refractivity contribution in [3.05, 3.63) is 66.2 Å². The average molecular weight is 350 g/mol. The van der Waals surface area contributed by atoms with Gasteiger partial charge in [-0.15, -0.1) is 0 Å². The summed E-state index contributed by atoms with van der Waals surface area (Å²) in [7, 11) is 0. The molecule has 1 heterocycles. The molecule has 132 valence electrons. The lowest BCUT2D eigenvalue weighted by Gasteiger charge is -2.12. The largest absolute Gasteiger partial charge is 0.378 e. The topological polar surface area (TPSA) is 94.4 Å². The van der Waals surface area contributed by atoms with Crippen LogP contribution < -0.4 is 10.4 Å². The van der Waals surface area contributed by atoms with E-state index in [4.69, 9.17) is 0 Å². The zero-order valence-corrected chi connectivity index (χ0v) is 14.1. The Morgan fingerprint density at radius 1 is 1.19 bits per heavy atom. The first-order valence-corrected chi connectivity index (χ1v) is 8.08. The van der Waals surface area contributed by atoms with Crippen molar-refractivity contribution in [2.45, 2.75) is 13.0 Å². The number of rotatable bonds is 5. The molecule has 0 bridgehead atoms. The molecular weight excluding hydrogens is 332 g/mol. The van der Waals surface area contributed by atoms with Gasteiger partial charge in [-0.2, -0.15) is 15.2 Å². The summed E-state index contributed by atoms with van der Waals surface area (Å²) in [6.45, 7) is 1.72.